The molecule has 0 rings (SSSR count). The van der Waals surface area contributed by atoms with Gasteiger partial charge >= 0.3 is 7.82 Å². The van der Waals surface area contributed by atoms with Crippen molar-refractivity contribution >= 4 is 13.7 Å². The van der Waals surface area contributed by atoms with Gasteiger partial charge in [0.1, 0.15) is 13.2 Å². The first-order valence-electron chi connectivity index (χ1n) is 26.1. The number of amides is 1. The van der Waals surface area contributed by atoms with E-state index in [4.69, 9.17) is 9.05 Å². The first-order chi connectivity index (χ1) is 29.0. The molecule has 3 atom stereocenters. The molecule has 9 heteroatoms. The topological polar surface area (TPSA) is 105 Å². The molecule has 0 fully saturated rings. The molecular formula is C51H104N2O6P+. The summed E-state index contributed by atoms with van der Waals surface area (Å²) in [4.78, 5) is 23.1. The third-order valence-corrected chi connectivity index (χ3v) is 13.0. The Balaban J connectivity index is 4.08. The third-order valence-electron chi connectivity index (χ3n) is 12.0. The van der Waals surface area contributed by atoms with Crippen LogP contribution in [0.1, 0.15) is 258 Å². The highest BCUT2D eigenvalue weighted by molar-refractivity contribution is 7.47. The number of carbonyl (C=O) groups excluding carboxylic acids is 1. The number of carbonyl (C=O) groups is 1. The predicted octanol–water partition coefficient (Wildman–Crippen LogP) is 15.1. The van der Waals surface area contributed by atoms with Crippen molar-refractivity contribution in [3.63, 3.8) is 0 Å². The molecule has 0 aliphatic rings. The van der Waals surface area contributed by atoms with Gasteiger partial charge < -0.3 is 19.8 Å². The van der Waals surface area contributed by atoms with Crippen LogP contribution in [0.5, 0.6) is 0 Å². The van der Waals surface area contributed by atoms with Crippen LogP contribution in [0.4, 0.5) is 0 Å². The normalized spacial score (nSPS) is 14.2. The summed E-state index contributed by atoms with van der Waals surface area (Å²) in [5.74, 6) is -0.176. The van der Waals surface area contributed by atoms with E-state index in [2.05, 4.69) is 19.2 Å². The van der Waals surface area contributed by atoms with Crippen molar-refractivity contribution in [1.29, 1.82) is 0 Å². The van der Waals surface area contributed by atoms with Crippen LogP contribution in [-0.2, 0) is 18.4 Å². The number of hydrogen-bond donors (Lipinski definition) is 3. The van der Waals surface area contributed by atoms with E-state index in [1.807, 2.05) is 27.2 Å². The zero-order valence-corrected chi connectivity index (χ0v) is 41.6. The van der Waals surface area contributed by atoms with Crippen LogP contribution in [0.15, 0.2) is 12.2 Å². The first kappa shape index (κ1) is 59.2. The number of rotatable bonds is 48. The number of likely N-dealkylation sites (N-methyl/N-ethyl adjacent to an activating group) is 1. The molecule has 3 N–H and O–H groups in total. The fourth-order valence-corrected chi connectivity index (χ4v) is 8.60. The highest BCUT2D eigenvalue weighted by Crippen LogP contribution is 2.43. The minimum atomic E-state index is -4.33. The van der Waals surface area contributed by atoms with Crippen LogP contribution in [0.3, 0.4) is 0 Å². The Kier molecular flexibility index (Phi) is 42.9. The fourth-order valence-electron chi connectivity index (χ4n) is 7.87. The van der Waals surface area contributed by atoms with Gasteiger partial charge in [0.2, 0.25) is 5.91 Å². The lowest BCUT2D eigenvalue weighted by Crippen LogP contribution is -2.45. The molecule has 0 saturated heterocycles. The lowest BCUT2D eigenvalue weighted by Gasteiger charge is -2.25. The lowest BCUT2D eigenvalue weighted by molar-refractivity contribution is -0.870. The quantitative estimate of drug-likeness (QED) is 0.0243. The summed E-state index contributed by atoms with van der Waals surface area (Å²) >= 11 is 0. The molecule has 8 nitrogen and oxygen atoms in total. The van der Waals surface area contributed by atoms with Gasteiger partial charge in [0, 0.05) is 6.42 Å². The molecule has 0 aromatic rings. The molecule has 0 aromatic carbocycles. The summed E-state index contributed by atoms with van der Waals surface area (Å²) in [5.41, 5.74) is 0. The van der Waals surface area contributed by atoms with Gasteiger partial charge in [-0.2, -0.15) is 0 Å². The molecule has 0 aromatic heterocycles. The van der Waals surface area contributed by atoms with Gasteiger partial charge in [0.05, 0.1) is 39.9 Å². The second-order valence-corrected chi connectivity index (χ2v) is 20.7. The van der Waals surface area contributed by atoms with Crippen LogP contribution >= 0.6 is 7.82 Å². The van der Waals surface area contributed by atoms with Crippen molar-refractivity contribution in [2.75, 3.05) is 40.9 Å². The summed E-state index contributed by atoms with van der Waals surface area (Å²) in [7, 11) is 1.58. The zero-order valence-electron chi connectivity index (χ0n) is 40.7. The molecule has 0 aliphatic heterocycles. The molecule has 0 bridgehead atoms. The van der Waals surface area contributed by atoms with Crippen molar-refractivity contribution in [3.8, 4) is 0 Å². The SMILES string of the molecule is CCCCCCCCCCCCCCCCCCCCCCCCCCCC/C=C/C(O)C(COP(=O)(O)OCC[N+](C)(C)C)NC(=O)CCCCCCCCCCCC. The average molecular weight is 872 g/mol. The molecule has 0 radical (unpaired) electrons. The Labute approximate surface area is 373 Å². The number of allylic oxidation sites excluding steroid dienone is 1. The van der Waals surface area contributed by atoms with Crippen LogP contribution in [0.25, 0.3) is 0 Å². The van der Waals surface area contributed by atoms with Gasteiger partial charge in [-0.15, -0.1) is 0 Å². The Morgan fingerprint density at radius 1 is 0.550 bits per heavy atom. The molecule has 0 aliphatic carbocycles. The minimum Gasteiger partial charge on any atom is -0.387 e. The van der Waals surface area contributed by atoms with Crippen molar-refractivity contribution in [2.24, 2.45) is 0 Å². The maximum absolute atomic E-state index is 12.8. The summed E-state index contributed by atoms with van der Waals surface area (Å²) < 4.78 is 23.6. The van der Waals surface area contributed by atoms with Crippen molar-refractivity contribution in [1.82, 2.24) is 5.32 Å². The molecule has 60 heavy (non-hydrogen) atoms. The summed E-state index contributed by atoms with van der Waals surface area (Å²) in [6, 6.07) is -0.840. The Morgan fingerprint density at radius 2 is 0.883 bits per heavy atom. The molecule has 0 heterocycles. The van der Waals surface area contributed by atoms with Gasteiger partial charge in [-0.3, -0.25) is 13.8 Å². The van der Waals surface area contributed by atoms with Crippen LogP contribution in [0.2, 0.25) is 0 Å². The largest absolute Gasteiger partial charge is 0.472 e. The standard InChI is InChI=1S/C51H103N2O6P/c1-6-8-10-12-14-16-18-19-20-21-22-23-24-25-26-27-28-29-30-31-32-33-34-35-36-38-40-42-44-50(54)49(48-59-60(56,57)58-47-46-53(3,4)5)52-51(55)45-43-41-39-37-17-15-13-11-9-7-2/h42,44,49-50,54H,6-41,43,45-48H2,1-5H3,(H-,52,55,56,57)/p+1/b44-42+. The van der Waals surface area contributed by atoms with E-state index in [9.17, 15) is 19.4 Å². The number of phosphoric acid groups is 1. The van der Waals surface area contributed by atoms with Crippen molar-refractivity contribution in [3.05, 3.63) is 12.2 Å². The van der Waals surface area contributed by atoms with Crippen molar-refractivity contribution in [2.45, 2.75) is 270 Å². The van der Waals surface area contributed by atoms with Crippen LogP contribution < -0.4 is 5.32 Å². The molecule has 0 saturated carbocycles. The van der Waals surface area contributed by atoms with E-state index >= 15 is 0 Å². The summed E-state index contributed by atoms with van der Waals surface area (Å²) in [6.07, 6.45) is 51.7. The Hall–Kier alpha value is -0.760. The number of nitrogens with one attached hydrogen (secondary N) is 1. The minimum absolute atomic E-state index is 0.0646. The predicted molar refractivity (Wildman–Crippen MR) is 259 cm³/mol. The second kappa shape index (κ2) is 43.5. The number of quaternary nitrogens is 1. The van der Waals surface area contributed by atoms with Gasteiger partial charge in [-0.25, -0.2) is 4.57 Å². The van der Waals surface area contributed by atoms with E-state index in [0.29, 0.717) is 17.4 Å². The van der Waals surface area contributed by atoms with Gasteiger partial charge in [0.25, 0.3) is 0 Å². The average Bonchev–Trinajstić information content (AvgIpc) is 3.20. The number of aliphatic hydroxyl groups is 1. The van der Waals surface area contributed by atoms with E-state index < -0.39 is 20.0 Å². The van der Waals surface area contributed by atoms with E-state index in [1.165, 1.54) is 205 Å². The number of unbranched alkanes of at least 4 members (excludes halogenated alkanes) is 35. The van der Waals surface area contributed by atoms with Crippen LogP contribution in [-0.4, -0.2) is 73.4 Å². The number of nitrogens with zero attached hydrogens (tertiary/aromatic N) is 1. The van der Waals surface area contributed by atoms with E-state index in [-0.39, 0.29) is 19.1 Å². The number of aliphatic hydroxyl groups excluding tert-OH is 1. The number of phosphoric ester groups is 1. The van der Waals surface area contributed by atoms with E-state index in [1.54, 1.807) is 6.08 Å². The van der Waals surface area contributed by atoms with E-state index in [0.717, 1.165) is 32.1 Å². The smallest absolute Gasteiger partial charge is 0.387 e. The fraction of sp³-hybridized carbons (Fsp3) is 0.941. The van der Waals surface area contributed by atoms with Crippen molar-refractivity contribution < 1.29 is 32.9 Å². The molecule has 0 spiro atoms. The lowest BCUT2D eigenvalue weighted by atomic mass is 10.0. The highest BCUT2D eigenvalue weighted by Gasteiger charge is 2.27. The zero-order chi connectivity index (χ0) is 44.3. The Morgan fingerprint density at radius 3 is 1.23 bits per heavy atom. The summed E-state index contributed by atoms with van der Waals surface area (Å²) in [6.45, 7) is 4.83. The van der Waals surface area contributed by atoms with Crippen LogP contribution in [0, 0.1) is 0 Å². The Bertz CT molecular complexity index is 989. The molecular weight excluding hydrogens is 768 g/mol. The number of hydrogen-bond acceptors (Lipinski definition) is 5. The second-order valence-electron chi connectivity index (χ2n) is 19.3. The molecule has 3 unspecified atom stereocenters. The maximum Gasteiger partial charge on any atom is 0.472 e. The molecule has 358 valence electrons. The summed E-state index contributed by atoms with van der Waals surface area (Å²) in [5, 5.41) is 13.9. The molecule has 1 amide bonds. The monoisotopic (exact) mass is 872 g/mol. The maximum atomic E-state index is 12.8. The van der Waals surface area contributed by atoms with Gasteiger partial charge in [0.15, 0.2) is 0 Å². The first-order valence-corrected chi connectivity index (χ1v) is 27.6. The van der Waals surface area contributed by atoms with Gasteiger partial charge in [-0.05, 0) is 19.3 Å². The highest BCUT2D eigenvalue weighted by atomic mass is 31.2. The van der Waals surface area contributed by atoms with Gasteiger partial charge in [-0.1, -0.05) is 244 Å². The third kappa shape index (κ3) is 45.3.